The second-order valence-electron chi connectivity index (χ2n) is 3.43. The Morgan fingerprint density at radius 1 is 1.23 bits per heavy atom. The molecule has 0 spiro atoms. The fraction of sp³-hybridized carbons (Fsp3) is 0.273. The second kappa shape index (κ2) is 2.98. The van der Waals surface area contributed by atoms with Gasteiger partial charge in [0.05, 0.1) is 0 Å². The van der Waals surface area contributed by atoms with Crippen molar-refractivity contribution in [2.45, 2.75) is 19.1 Å². The van der Waals surface area contributed by atoms with Crippen molar-refractivity contribution >= 4 is 6.08 Å². The lowest BCUT2D eigenvalue weighted by Gasteiger charge is -2.21. The van der Waals surface area contributed by atoms with Gasteiger partial charge in [-0.25, -0.2) is 0 Å². The topological polar surface area (TPSA) is 40.5 Å². The molecule has 0 bridgehead atoms. The first-order chi connectivity index (χ1) is 6.18. The first-order valence-electron chi connectivity index (χ1n) is 4.33. The number of hydrogen-bond donors (Lipinski definition) is 2. The molecule has 0 saturated heterocycles. The Balaban J connectivity index is 2.54. The average molecular weight is 176 g/mol. The van der Waals surface area contributed by atoms with Gasteiger partial charge in [0.25, 0.3) is 0 Å². The van der Waals surface area contributed by atoms with Crippen molar-refractivity contribution in [2.24, 2.45) is 0 Å². The van der Waals surface area contributed by atoms with Crippen LogP contribution in [0.2, 0.25) is 0 Å². The molecule has 2 heteroatoms. The summed E-state index contributed by atoms with van der Waals surface area (Å²) in [5.41, 5.74) is 2.90. The van der Waals surface area contributed by atoms with Gasteiger partial charge in [0.2, 0.25) is 0 Å². The van der Waals surface area contributed by atoms with Gasteiger partial charge in [-0.3, -0.25) is 0 Å². The van der Waals surface area contributed by atoms with Crippen LogP contribution in [0.4, 0.5) is 0 Å². The highest BCUT2D eigenvalue weighted by Gasteiger charge is 2.21. The predicted octanol–water partition coefficient (Wildman–Crippen LogP) is 1.42. The first kappa shape index (κ1) is 8.48. The summed E-state index contributed by atoms with van der Waals surface area (Å²) in [6, 6.07) is 5.86. The number of benzene rings is 1. The molecule has 0 radical (unpaired) electrons. The van der Waals surface area contributed by atoms with E-state index < -0.39 is 12.2 Å². The zero-order valence-electron chi connectivity index (χ0n) is 7.44. The maximum Gasteiger partial charge on any atom is 0.109 e. The van der Waals surface area contributed by atoms with E-state index in [1.165, 1.54) is 0 Å². The molecule has 68 valence electrons. The lowest BCUT2D eigenvalue weighted by molar-refractivity contribution is 0.0470. The van der Waals surface area contributed by atoms with Gasteiger partial charge in [0, 0.05) is 0 Å². The van der Waals surface area contributed by atoms with E-state index in [1.807, 2.05) is 31.2 Å². The molecule has 2 atom stereocenters. The fourth-order valence-corrected chi connectivity index (χ4v) is 1.59. The van der Waals surface area contributed by atoms with Gasteiger partial charge in [0.15, 0.2) is 0 Å². The summed E-state index contributed by atoms with van der Waals surface area (Å²) in [6.45, 7) is 1.97. The van der Waals surface area contributed by atoms with Gasteiger partial charge in [-0.05, 0) is 18.1 Å². The molecule has 1 aromatic rings. The van der Waals surface area contributed by atoms with Crippen LogP contribution < -0.4 is 0 Å². The molecule has 2 rings (SSSR count). The van der Waals surface area contributed by atoms with Crippen LogP contribution in [0.25, 0.3) is 6.08 Å². The van der Waals surface area contributed by atoms with Crippen molar-refractivity contribution < 1.29 is 10.2 Å². The molecule has 2 nitrogen and oxygen atoms in total. The largest absolute Gasteiger partial charge is 0.386 e. The van der Waals surface area contributed by atoms with Crippen LogP contribution in [0.3, 0.4) is 0 Å². The summed E-state index contributed by atoms with van der Waals surface area (Å²) < 4.78 is 0. The summed E-state index contributed by atoms with van der Waals surface area (Å²) in [4.78, 5) is 0. The highest BCUT2D eigenvalue weighted by atomic mass is 16.3. The Morgan fingerprint density at radius 2 is 2.00 bits per heavy atom. The van der Waals surface area contributed by atoms with Gasteiger partial charge >= 0.3 is 0 Å². The number of aryl methyl sites for hydroxylation is 1. The molecule has 1 aliphatic carbocycles. The van der Waals surface area contributed by atoms with E-state index in [0.29, 0.717) is 0 Å². The van der Waals surface area contributed by atoms with E-state index in [1.54, 1.807) is 6.08 Å². The summed E-state index contributed by atoms with van der Waals surface area (Å²) in [6.07, 6.45) is 1.91. The Bertz CT molecular complexity index is 355. The minimum atomic E-state index is -0.778. The Hall–Kier alpha value is -1.12. The van der Waals surface area contributed by atoms with E-state index in [0.717, 1.165) is 16.7 Å². The molecule has 2 N–H and O–H groups in total. The predicted molar refractivity (Wildman–Crippen MR) is 51.2 cm³/mol. The van der Waals surface area contributed by atoms with Crippen LogP contribution in [-0.4, -0.2) is 16.3 Å². The molecular formula is C11H12O2. The van der Waals surface area contributed by atoms with Crippen LogP contribution >= 0.6 is 0 Å². The number of rotatable bonds is 0. The van der Waals surface area contributed by atoms with E-state index in [4.69, 9.17) is 0 Å². The fourth-order valence-electron chi connectivity index (χ4n) is 1.59. The molecule has 0 heterocycles. The second-order valence-corrected chi connectivity index (χ2v) is 3.43. The summed E-state index contributed by atoms with van der Waals surface area (Å²) in [5.74, 6) is 0. The van der Waals surface area contributed by atoms with Gasteiger partial charge in [-0.15, -0.1) is 0 Å². The number of hydrogen-bond acceptors (Lipinski definition) is 2. The van der Waals surface area contributed by atoms with E-state index in [-0.39, 0.29) is 0 Å². The minimum Gasteiger partial charge on any atom is -0.386 e. The third-order valence-electron chi connectivity index (χ3n) is 2.36. The minimum absolute atomic E-state index is 0.769. The van der Waals surface area contributed by atoms with E-state index >= 15 is 0 Å². The van der Waals surface area contributed by atoms with Crippen LogP contribution in [0.15, 0.2) is 24.3 Å². The zero-order chi connectivity index (χ0) is 9.42. The molecule has 0 saturated carbocycles. The van der Waals surface area contributed by atoms with Gasteiger partial charge in [-0.2, -0.15) is 0 Å². The summed E-state index contributed by atoms with van der Waals surface area (Å²) in [5, 5.41) is 19.0. The van der Waals surface area contributed by atoms with Crippen molar-refractivity contribution in [3.63, 3.8) is 0 Å². The van der Waals surface area contributed by atoms with Crippen LogP contribution in [0, 0.1) is 6.92 Å². The lowest BCUT2D eigenvalue weighted by atomic mass is 9.92. The highest BCUT2D eigenvalue weighted by molar-refractivity contribution is 5.58. The molecule has 1 aliphatic rings. The molecular weight excluding hydrogens is 164 g/mol. The number of aliphatic hydroxyl groups is 2. The van der Waals surface area contributed by atoms with Crippen molar-refractivity contribution in [3.05, 3.63) is 41.0 Å². The van der Waals surface area contributed by atoms with Crippen molar-refractivity contribution in [2.75, 3.05) is 0 Å². The third-order valence-corrected chi connectivity index (χ3v) is 2.36. The smallest absolute Gasteiger partial charge is 0.109 e. The standard InChI is InChI=1S/C11H12O2/c1-7-2-3-8-4-5-10(12)11(13)9(8)6-7/h2-6,10-13H,1H3/t10-,11+/m0/s1. The zero-order valence-corrected chi connectivity index (χ0v) is 7.44. The van der Waals surface area contributed by atoms with Crippen LogP contribution in [-0.2, 0) is 0 Å². The molecule has 13 heavy (non-hydrogen) atoms. The van der Waals surface area contributed by atoms with Gasteiger partial charge in [-0.1, -0.05) is 35.9 Å². The maximum atomic E-state index is 9.65. The lowest BCUT2D eigenvalue weighted by Crippen LogP contribution is -2.19. The molecule has 0 fully saturated rings. The van der Waals surface area contributed by atoms with E-state index in [9.17, 15) is 10.2 Å². The molecule has 0 unspecified atom stereocenters. The molecule has 0 amide bonds. The Labute approximate surface area is 77.1 Å². The normalized spacial score (nSPS) is 25.8. The summed E-state index contributed by atoms with van der Waals surface area (Å²) >= 11 is 0. The third kappa shape index (κ3) is 1.39. The van der Waals surface area contributed by atoms with Gasteiger partial charge < -0.3 is 10.2 Å². The Kier molecular flexibility index (Phi) is 1.94. The van der Waals surface area contributed by atoms with Crippen molar-refractivity contribution in [1.82, 2.24) is 0 Å². The number of aliphatic hydroxyl groups excluding tert-OH is 2. The van der Waals surface area contributed by atoms with Crippen LogP contribution in [0.5, 0.6) is 0 Å². The number of fused-ring (bicyclic) bond motifs is 1. The van der Waals surface area contributed by atoms with Crippen molar-refractivity contribution in [3.8, 4) is 0 Å². The van der Waals surface area contributed by atoms with E-state index in [2.05, 4.69) is 0 Å². The van der Waals surface area contributed by atoms with Crippen molar-refractivity contribution in [1.29, 1.82) is 0 Å². The quantitative estimate of drug-likeness (QED) is 0.627. The van der Waals surface area contributed by atoms with Crippen LogP contribution in [0.1, 0.15) is 22.8 Å². The highest BCUT2D eigenvalue weighted by Crippen LogP contribution is 2.28. The summed E-state index contributed by atoms with van der Waals surface area (Å²) in [7, 11) is 0. The maximum absolute atomic E-state index is 9.65. The Morgan fingerprint density at radius 3 is 2.77 bits per heavy atom. The SMILES string of the molecule is Cc1ccc2c(c1)[C@@H](O)[C@@H](O)C=C2. The molecule has 1 aromatic carbocycles. The average Bonchev–Trinajstić information content (AvgIpc) is 2.12. The monoisotopic (exact) mass is 176 g/mol. The van der Waals surface area contributed by atoms with Gasteiger partial charge in [0.1, 0.15) is 12.2 Å². The molecule has 0 aliphatic heterocycles. The first-order valence-corrected chi connectivity index (χ1v) is 4.33. The molecule has 0 aromatic heterocycles.